The highest BCUT2D eigenvalue weighted by Gasteiger charge is 2.26. The molecule has 3 heteroatoms. The van der Waals surface area contributed by atoms with Crippen LogP contribution in [-0.4, -0.2) is 25.9 Å². The van der Waals surface area contributed by atoms with E-state index in [4.69, 9.17) is 9.47 Å². The number of nitrogens with zero attached hydrogens (tertiary/aromatic N) is 1. The second kappa shape index (κ2) is 7.09. The molecule has 132 valence electrons. The van der Waals surface area contributed by atoms with Gasteiger partial charge in [0, 0.05) is 30.4 Å². The van der Waals surface area contributed by atoms with E-state index in [0.29, 0.717) is 6.61 Å². The van der Waals surface area contributed by atoms with Gasteiger partial charge in [0.05, 0.1) is 19.3 Å². The van der Waals surface area contributed by atoms with Crippen molar-refractivity contribution in [3.63, 3.8) is 0 Å². The predicted molar refractivity (Wildman–Crippen MR) is 102 cm³/mol. The third kappa shape index (κ3) is 3.67. The van der Waals surface area contributed by atoms with E-state index in [1.165, 1.54) is 35.3 Å². The van der Waals surface area contributed by atoms with Crippen LogP contribution in [0.5, 0.6) is 5.75 Å². The molecule has 1 aliphatic carbocycles. The highest BCUT2D eigenvalue weighted by Crippen LogP contribution is 2.42. The van der Waals surface area contributed by atoms with E-state index in [1.807, 2.05) is 13.0 Å². The second-order valence-electron chi connectivity index (χ2n) is 7.13. The van der Waals surface area contributed by atoms with Crippen molar-refractivity contribution in [1.82, 2.24) is 0 Å². The fraction of sp³-hybridized carbons (Fsp3) is 0.455. The molecule has 0 saturated heterocycles. The van der Waals surface area contributed by atoms with Gasteiger partial charge in [-0.2, -0.15) is 0 Å². The van der Waals surface area contributed by atoms with Crippen LogP contribution in [0.4, 0.5) is 11.4 Å². The first-order valence-electron chi connectivity index (χ1n) is 9.49. The molecular weight excluding hydrogens is 310 g/mol. The molecule has 0 bridgehead atoms. The third-order valence-electron chi connectivity index (χ3n) is 5.11. The minimum Gasteiger partial charge on any atom is -0.494 e. The average Bonchev–Trinajstić information content (AvgIpc) is 3.43. The van der Waals surface area contributed by atoms with Gasteiger partial charge in [0.25, 0.3) is 0 Å². The molecule has 1 unspecified atom stereocenters. The molecule has 0 spiro atoms. The van der Waals surface area contributed by atoms with E-state index in [-0.39, 0.29) is 6.10 Å². The Hall–Kier alpha value is -2.00. The van der Waals surface area contributed by atoms with E-state index >= 15 is 0 Å². The van der Waals surface area contributed by atoms with Crippen LogP contribution in [0.3, 0.4) is 0 Å². The number of hydrogen-bond acceptors (Lipinski definition) is 3. The lowest BCUT2D eigenvalue weighted by atomic mass is 9.99. The largest absolute Gasteiger partial charge is 0.494 e. The molecule has 4 rings (SSSR count). The van der Waals surface area contributed by atoms with Crippen LogP contribution in [-0.2, 0) is 11.2 Å². The Labute approximate surface area is 150 Å². The van der Waals surface area contributed by atoms with Gasteiger partial charge in [0.1, 0.15) is 5.75 Å². The Morgan fingerprint density at radius 3 is 2.84 bits per heavy atom. The normalized spacial score (nSPS) is 20.6. The molecule has 0 amide bonds. The zero-order valence-corrected chi connectivity index (χ0v) is 15.2. The van der Waals surface area contributed by atoms with Crippen molar-refractivity contribution in [2.45, 2.75) is 45.1 Å². The molecule has 3 nitrogen and oxygen atoms in total. The van der Waals surface area contributed by atoms with Crippen molar-refractivity contribution in [1.29, 1.82) is 0 Å². The van der Waals surface area contributed by atoms with Crippen molar-refractivity contribution < 1.29 is 9.47 Å². The Morgan fingerprint density at radius 2 is 2.04 bits per heavy atom. The minimum atomic E-state index is 0.269. The zero-order chi connectivity index (χ0) is 17.2. The molecule has 1 fully saturated rings. The number of anilines is 2. The second-order valence-corrected chi connectivity index (χ2v) is 7.13. The molecular formula is C22H27NO2. The van der Waals surface area contributed by atoms with Gasteiger partial charge < -0.3 is 14.4 Å². The monoisotopic (exact) mass is 337 g/mol. The maximum atomic E-state index is 6.01. The average molecular weight is 337 g/mol. The van der Waals surface area contributed by atoms with Gasteiger partial charge >= 0.3 is 0 Å². The number of hydrogen-bond donors (Lipinski definition) is 0. The molecule has 1 heterocycles. The molecule has 25 heavy (non-hydrogen) atoms. The van der Waals surface area contributed by atoms with Gasteiger partial charge in [-0.25, -0.2) is 0 Å². The summed E-state index contributed by atoms with van der Waals surface area (Å²) in [6.07, 6.45) is 3.91. The summed E-state index contributed by atoms with van der Waals surface area (Å²) in [5.41, 5.74) is 5.38. The van der Waals surface area contributed by atoms with Crippen LogP contribution in [0.1, 0.15) is 43.7 Å². The number of fused-ring (bicyclic) bond motifs is 1. The summed E-state index contributed by atoms with van der Waals surface area (Å²) >= 11 is 0. The first-order chi connectivity index (χ1) is 12.2. The summed E-state index contributed by atoms with van der Waals surface area (Å²) in [6.45, 7) is 6.48. The van der Waals surface area contributed by atoms with Crippen LogP contribution in [0.2, 0.25) is 0 Å². The predicted octanol–water partition coefficient (Wildman–Crippen LogP) is 5.06. The van der Waals surface area contributed by atoms with E-state index in [9.17, 15) is 0 Å². The maximum Gasteiger partial charge on any atom is 0.121 e. The molecule has 1 saturated carbocycles. The molecule has 0 N–H and O–H groups in total. The molecule has 0 aromatic heterocycles. The van der Waals surface area contributed by atoms with Gasteiger partial charge in [-0.1, -0.05) is 18.2 Å². The highest BCUT2D eigenvalue weighted by molar-refractivity contribution is 5.68. The smallest absolute Gasteiger partial charge is 0.121 e. The van der Waals surface area contributed by atoms with Gasteiger partial charge in [-0.3, -0.25) is 0 Å². The van der Waals surface area contributed by atoms with Crippen molar-refractivity contribution in [2.75, 3.05) is 24.7 Å². The summed E-state index contributed by atoms with van der Waals surface area (Å²) in [5.74, 6) is 1.70. The van der Waals surface area contributed by atoms with E-state index in [0.717, 1.165) is 31.2 Å². The Kier molecular flexibility index (Phi) is 4.67. The van der Waals surface area contributed by atoms with Gasteiger partial charge in [0.2, 0.25) is 0 Å². The summed E-state index contributed by atoms with van der Waals surface area (Å²) in [6, 6.07) is 15.4. The third-order valence-corrected chi connectivity index (χ3v) is 5.11. The molecule has 0 radical (unpaired) electrons. The molecule has 2 aliphatic rings. The first-order valence-corrected chi connectivity index (χ1v) is 9.49. The van der Waals surface area contributed by atoms with Gasteiger partial charge in [-0.15, -0.1) is 0 Å². The Bertz CT molecular complexity index is 739. The van der Waals surface area contributed by atoms with Crippen LogP contribution in [0, 0.1) is 0 Å². The van der Waals surface area contributed by atoms with Crippen molar-refractivity contribution in [3.05, 3.63) is 53.6 Å². The fourth-order valence-corrected chi connectivity index (χ4v) is 3.71. The summed E-state index contributed by atoms with van der Waals surface area (Å²) in [7, 11) is 0. The van der Waals surface area contributed by atoms with Crippen LogP contribution in [0.25, 0.3) is 0 Å². The summed E-state index contributed by atoms with van der Waals surface area (Å²) in [4.78, 5) is 2.38. The first kappa shape index (κ1) is 16.5. The van der Waals surface area contributed by atoms with Crippen molar-refractivity contribution >= 4 is 11.4 Å². The fourth-order valence-electron chi connectivity index (χ4n) is 3.71. The van der Waals surface area contributed by atoms with Gasteiger partial charge in [-0.05, 0) is 61.9 Å². The number of ether oxygens (including phenoxy) is 2. The maximum absolute atomic E-state index is 6.01. The van der Waals surface area contributed by atoms with Gasteiger partial charge in [0.15, 0.2) is 0 Å². The Morgan fingerprint density at radius 1 is 1.16 bits per heavy atom. The molecule has 1 atom stereocenters. The van der Waals surface area contributed by atoms with Crippen LogP contribution >= 0.6 is 0 Å². The number of rotatable bonds is 4. The lowest BCUT2D eigenvalue weighted by molar-refractivity contribution is 0.0703. The van der Waals surface area contributed by atoms with E-state index < -0.39 is 0 Å². The SMILES string of the molecule is CCOc1cccc(N2CCOC(C)Cc3cc(C4CC4)ccc32)c1. The minimum absolute atomic E-state index is 0.269. The van der Waals surface area contributed by atoms with Crippen molar-refractivity contribution in [2.24, 2.45) is 0 Å². The Balaban J connectivity index is 1.72. The quantitative estimate of drug-likeness (QED) is 0.778. The van der Waals surface area contributed by atoms with Crippen LogP contribution < -0.4 is 9.64 Å². The highest BCUT2D eigenvalue weighted by atomic mass is 16.5. The standard InChI is InChI=1S/C22H27NO2/c1-3-24-21-6-4-5-20(15-21)23-11-12-25-16(2)13-19-14-18(17-7-8-17)9-10-22(19)23/h4-6,9-10,14-17H,3,7-8,11-13H2,1-2H3. The topological polar surface area (TPSA) is 21.7 Å². The van der Waals surface area contributed by atoms with Crippen molar-refractivity contribution in [3.8, 4) is 5.75 Å². The lowest BCUT2D eigenvalue weighted by Gasteiger charge is -2.31. The molecule has 2 aromatic carbocycles. The number of benzene rings is 2. The zero-order valence-electron chi connectivity index (χ0n) is 15.2. The summed E-state index contributed by atoms with van der Waals surface area (Å²) < 4.78 is 11.7. The van der Waals surface area contributed by atoms with Crippen LogP contribution in [0.15, 0.2) is 42.5 Å². The van der Waals surface area contributed by atoms with E-state index in [1.54, 1.807) is 0 Å². The van der Waals surface area contributed by atoms with E-state index in [2.05, 4.69) is 48.2 Å². The lowest BCUT2D eigenvalue weighted by Crippen LogP contribution is -2.29. The molecule has 2 aromatic rings. The molecule has 1 aliphatic heterocycles. The summed E-state index contributed by atoms with van der Waals surface area (Å²) in [5, 5.41) is 0.